The number of hydrogen-bond donors (Lipinski definition) is 1. The van der Waals surface area contributed by atoms with Crippen LogP contribution in [-0.4, -0.2) is 40.1 Å². The molecule has 0 radical (unpaired) electrons. The molecule has 0 unspecified atom stereocenters. The molecule has 5 rings (SSSR count). The van der Waals surface area contributed by atoms with Gasteiger partial charge in [0.05, 0.1) is 12.1 Å². The summed E-state index contributed by atoms with van der Waals surface area (Å²) < 4.78 is 0. The summed E-state index contributed by atoms with van der Waals surface area (Å²) in [5.41, 5.74) is 2.49. The molecule has 1 aliphatic heterocycles. The van der Waals surface area contributed by atoms with E-state index in [1.807, 2.05) is 36.5 Å². The standard InChI is InChI=1S/C25H32N2O2/c1-24-10-6-20-18(19(24)4-5-21(24)28)15-17(14-16-8-12-26-13-9-16)23-25(20,2)11-7-22(29)27(23)3/h7-9,11-14,18-21,23,28H,4-6,10,15H2,1-3H3/t18-,19-,20-,21-,23+,24-,25+/m0/s1. The van der Waals surface area contributed by atoms with Crippen molar-refractivity contribution in [3.05, 3.63) is 47.8 Å². The lowest BCUT2D eigenvalue weighted by Crippen LogP contribution is -2.60. The van der Waals surface area contributed by atoms with Crippen LogP contribution in [0.15, 0.2) is 42.3 Å². The molecule has 154 valence electrons. The summed E-state index contributed by atoms with van der Waals surface area (Å²) in [6.07, 6.45) is 15.1. The molecule has 0 spiro atoms. The zero-order valence-electron chi connectivity index (χ0n) is 17.7. The summed E-state index contributed by atoms with van der Waals surface area (Å²) in [6.45, 7) is 4.68. The zero-order valence-corrected chi connectivity index (χ0v) is 17.7. The predicted molar refractivity (Wildman–Crippen MR) is 114 cm³/mol. The van der Waals surface area contributed by atoms with Gasteiger partial charge in [0.15, 0.2) is 0 Å². The first-order chi connectivity index (χ1) is 13.8. The summed E-state index contributed by atoms with van der Waals surface area (Å²) in [5.74, 6) is 1.78. The number of likely N-dealkylation sites (N-methyl/N-ethyl adjacent to an activating group) is 1. The normalized spacial score (nSPS) is 45.1. The van der Waals surface area contributed by atoms with Crippen LogP contribution in [0.5, 0.6) is 0 Å². The summed E-state index contributed by atoms with van der Waals surface area (Å²) in [5, 5.41) is 10.8. The molecular weight excluding hydrogens is 360 g/mol. The van der Waals surface area contributed by atoms with Crippen molar-refractivity contribution in [1.82, 2.24) is 9.88 Å². The highest BCUT2D eigenvalue weighted by Crippen LogP contribution is 2.64. The quantitative estimate of drug-likeness (QED) is 0.784. The van der Waals surface area contributed by atoms with E-state index in [0.717, 1.165) is 37.7 Å². The van der Waals surface area contributed by atoms with Crippen molar-refractivity contribution in [2.75, 3.05) is 7.05 Å². The van der Waals surface area contributed by atoms with Crippen LogP contribution >= 0.6 is 0 Å². The van der Waals surface area contributed by atoms with Gasteiger partial charge < -0.3 is 10.0 Å². The Morgan fingerprint density at radius 2 is 1.93 bits per heavy atom. The number of pyridine rings is 1. The van der Waals surface area contributed by atoms with Crippen molar-refractivity contribution in [3.8, 4) is 0 Å². The number of aromatic nitrogens is 1. The number of rotatable bonds is 1. The molecule has 1 N–H and O–H groups in total. The fraction of sp³-hybridized carbons (Fsp3) is 0.600. The minimum absolute atomic E-state index is 0.0479. The van der Waals surface area contributed by atoms with Crippen LogP contribution in [0.1, 0.15) is 51.5 Å². The molecule has 3 fully saturated rings. The Morgan fingerprint density at radius 1 is 1.17 bits per heavy atom. The van der Waals surface area contributed by atoms with Crippen molar-refractivity contribution in [2.24, 2.45) is 28.6 Å². The van der Waals surface area contributed by atoms with Crippen LogP contribution in [0.4, 0.5) is 0 Å². The summed E-state index contributed by atoms with van der Waals surface area (Å²) in [4.78, 5) is 18.7. The van der Waals surface area contributed by atoms with Gasteiger partial charge in [-0.1, -0.05) is 26.0 Å². The highest BCUT2D eigenvalue weighted by molar-refractivity contribution is 5.89. The van der Waals surface area contributed by atoms with E-state index in [4.69, 9.17) is 0 Å². The maximum absolute atomic E-state index is 12.6. The largest absolute Gasteiger partial charge is 0.393 e. The third-order valence-corrected chi connectivity index (χ3v) is 8.98. The van der Waals surface area contributed by atoms with E-state index in [-0.39, 0.29) is 28.9 Å². The molecule has 1 aromatic heterocycles. The molecule has 2 heterocycles. The Bertz CT molecular complexity index is 878. The van der Waals surface area contributed by atoms with E-state index in [9.17, 15) is 9.90 Å². The highest BCUT2D eigenvalue weighted by atomic mass is 16.3. The lowest BCUT2D eigenvalue weighted by atomic mass is 9.47. The van der Waals surface area contributed by atoms with Gasteiger partial charge in [-0.3, -0.25) is 9.78 Å². The number of nitrogens with zero attached hydrogens (tertiary/aromatic N) is 2. The molecule has 3 saturated carbocycles. The van der Waals surface area contributed by atoms with E-state index in [0.29, 0.717) is 17.8 Å². The minimum Gasteiger partial charge on any atom is -0.393 e. The maximum atomic E-state index is 12.6. The van der Waals surface area contributed by atoms with E-state index in [1.54, 1.807) is 6.08 Å². The second kappa shape index (κ2) is 6.53. The number of amides is 1. The summed E-state index contributed by atoms with van der Waals surface area (Å²) in [7, 11) is 1.96. The van der Waals surface area contributed by atoms with Crippen LogP contribution < -0.4 is 0 Å². The third kappa shape index (κ3) is 2.68. The first kappa shape index (κ1) is 19.0. The maximum Gasteiger partial charge on any atom is 0.246 e. The number of hydrogen-bond acceptors (Lipinski definition) is 3. The lowest BCUT2D eigenvalue weighted by Gasteiger charge is -2.60. The fourth-order valence-corrected chi connectivity index (χ4v) is 7.49. The molecule has 0 bridgehead atoms. The Hall–Kier alpha value is -1.94. The molecule has 7 atom stereocenters. The average molecular weight is 393 g/mol. The Labute approximate surface area is 173 Å². The first-order valence-electron chi connectivity index (χ1n) is 11.1. The van der Waals surface area contributed by atoms with Gasteiger partial charge in [-0.25, -0.2) is 0 Å². The van der Waals surface area contributed by atoms with E-state index in [1.165, 1.54) is 5.57 Å². The Balaban J connectivity index is 1.62. The van der Waals surface area contributed by atoms with Crippen LogP contribution in [0.2, 0.25) is 0 Å². The average Bonchev–Trinajstić information content (AvgIpc) is 3.01. The highest BCUT2D eigenvalue weighted by Gasteiger charge is 2.61. The molecule has 0 saturated heterocycles. The van der Waals surface area contributed by atoms with Gasteiger partial charge in [-0.2, -0.15) is 0 Å². The second-order valence-electron chi connectivity index (χ2n) is 10.3. The molecule has 3 aliphatic carbocycles. The van der Waals surface area contributed by atoms with Gasteiger partial charge in [-0.05, 0) is 84.6 Å². The monoisotopic (exact) mass is 392 g/mol. The number of fused-ring (bicyclic) bond motifs is 5. The first-order valence-corrected chi connectivity index (χ1v) is 11.1. The molecule has 4 aliphatic rings. The molecular formula is C25H32N2O2. The SMILES string of the molecule is CN1C(=O)C=C[C@]2(C)[C@H]3CC[C@]4(C)[C@@H](O)CC[C@H]4[C@@H]3CC(=Cc3ccncc3)[C@@H]12. The van der Waals surface area contributed by atoms with Gasteiger partial charge in [0.1, 0.15) is 0 Å². The van der Waals surface area contributed by atoms with E-state index in [2.05, 4.69) is 31.0 Å². The van der Waals surface area contributed by atoms with Crippen molar-refractivity contribution < 1.29 is 9.90 Å². The number of carbonyl (C=O) groups excluding carboxylic acids is 1. The molecule has 0 aromatic carbocycles. The number of aliphatic hydroxyl groups is 1. The van der Waals surface area contributed by atoms with Crippen LogP contribution in [0, 0.1) is 28.6 Å². The molecule has 4 nitrogen and oxygen atoms in total. The van der Waals surface area contributed by atoms with Gasteiger partial charge >= 0.3 is 0 Å². The minimum atomic E-state index is -0.169. The Morgan fingerprint density at radius 3 is 2.69 bits per heavy atom. The van der Waals surface area contributed by atoms with Gasteiger partial charge in [0, 0.05) is 24.9 Å². The topological polar surface area (TPSA) is 53.4 Å². The van der Waals surface area contributed by atoms with Gasteiger partial charge in [-0.15, -0.1) is 0 Å². The third-order valence-electron chi connectivity index (χ3n) is 8.98. The molecule has 4 heteroatoms. The molecule has 1 aromatic rings. The number of aliphatic hydroxyl groups excluding tert-OH is 1. The zero-order chi connectivity index (χ0) is 20.4. The van der Waals surface area contributed by atoms with Crippen molar-refractivity contribution >= 4 is 12.0 Å². The Kier molecular flexibility index (Phi) is 4.29. The second-order valence-corrected chi connectivity index (χ2v) is 10.3. The van der Waals surface area contributed by atoms with Crippen LogP contribution in [0.25, 0.3) is 6.08 Å². The van der Waals surface area contributed by atoms with Gasteiger partial charge in [0.2, 0.25) is 5.91 Å². The van der Waals surface area contributed by atoms with E-state index < -0.39 is 0 Å². The smallest absolute Gasteiger partial charge is 0.246 e. The van der Waals surface area contributed by atoms with E-state index >= 15 is 0 Å². The summed E-state index contributed by atoms with van der Waals surface area (Å²) in [6, 6.07) is 4.19. The van der Waals surface area contributed by atoms with Crippen LogP contribution in [0.3, 0.4) is 0 Å². The molecule has 1 amide bonds. The van der Waals surface area contributed by atoms with Crippen molar-refractivity contribution in [3.63, 3.8) is 0 Å². The number of carbonyl (C=O) groups is 1. The summed E-state index contributed by atoms with van der Waals surface area (Å²) >= 11 is 0. The lowest BCUT2D eigenvalue weighted by molar-refractivity contribution is -0.135. The van der Waals surface area contributed by atoms with Crippen molar-refractivity contribution in [2.45, 2.75) is 58.1 Å². The predicted octanol–water partition coefficient (Wildman–Crippen LogP) is 4.08. The fourth-order valence-electron chi connectivity index (χ4n) is 7.49. The van der Waals surface area contributed by atoms with Crippen molar-refractivity contribution in [1.29, 1.82) is 0 Å². The van der Waals surface area contributed by atoms with Crippen LogP contribution in [-0.2, 0) is 4.79 Å². The van der Waals surface area contributed by atoms with Gasteiger partial charge in [0.25, 0.3) is 0 Å². The molecule has 29 heavy (non-hydrogen) atoms.